The SMILES string of the molecule is O=C(O)c1cc(NCc2c(O)cccc2Cl)ccc1Cl. The van der Waals surface area contributed by atoms with E-state index in [2.05, 4.69) is 5.32 Å². The van der Waals surface area contributed by atoms with Crippen molar-refractivity contribution in [1.82, 2.24) is 0 Å². The summed E-state index contributed by atoms with van der Waals surface area (Å²) in [6.07, 6.45) is 0. The van der Waals surface area contributed by atoms with Gasteiger partial charge in [-0.15, -0.1) is 0 Å². The molecular formula is C14H11Cl2NO3. The highest BCUT2D eigenvalue weighted by molar-refractivity contribution is 6.33. The smallest absolute Gasteiger partial charge is 0.337 e. The molecule has 0 aromatic heterocycles. The predicted molar refractivity (Wildman–Crippen MR) is 78.9 cm³/mol. The van der Waals surface area contributed by atoms with Crippen LogP contribution in [0.4, 0.5) is 5.69 Å². The second-order valence-electron chi connectivity index (χ2n) is 4.09. The van der Waals surface area contributed by atoms with Crippen LogP contribution in [0.15, 0.2) is 36.4 Å². The summed E-state index contributed by atoms with van der Waals surface area (Å²) in [5.74, 6) is -1.02. The second kappa shape index (κ2) is 6.03. The van der Waals surface area contributed by atoms with Crippen LogP contribution in [0.1, 0.15) is 15.9 Å². The third-order valence-corrected chi connectivity index (χ3v) is 3.44. The van der Waals surface area contributed by atoms with Gasteiger partial charge in [-0.25, -0.2) is 4.79 Å². The minimum Gasteiger partial charge on any atom is -0.508 e. The van der Waals surface area contributed by atoms with Crippen molar-refractivity contribution in [2.75, 3.05) is 5.32 Å². The molecule has 0 aliphatic rings. The van der Waals surface area contributed by atoms with Gasteiger partial charge >= 0.3 is 5.97 Å². The van der Waals surface area contributed by atoms with Crippen molar-refractivity contribution >= 4 is 34.9 Å². The molecule has 20 heavy (non-hydrogen) atoms. The first-order chi connectivity index (χ1) is 9.49. The van der Waals surface area contributed by atoms with Gasteiger partial charge in [0.1, 0.15) is 5.75 Å². The highest BCUT2D eigenvalue weighted by atomic mass is 35.5. The van der Waals surface area contributed by atoms with Crippen molar-refractivity contribution in [2.24, 2.45) is 0 Å². The number of hydrogen-bond donors (Lipinski definition) is 3. The van der Waals surface area contributed by atoms with Crippen molar-refractivity contribution in [3.63, 3.8) is 0 Å². The molecule has 6 heteroatoms. The summed E-state index contributed by atoms with van der Waals surface area (Å²) in [5, 5.41) is 22.3. The average molecular weight is 312 g/mol. The number of benzene rings is 2. The van der Waals surface area contributed by atoms with E-state index in [0.29, 0.717) is 16.3 Å². The summed E-state index contributed by atoms with van der Waals surface area (Å²) in [6.45, 7) is 0.270. The molecule has 0 amide bonds. The third-order valence-electron chi connectivity index (χ3n) is 2.76. The number of aromatic carboxylic acids is 1. The zero-order chi connectivity index (χ0) is 14.7. The van der Waals surface area contributed by atoms with Gasteiger partial charge in [0.25, 0.3) is 0 Å². The fourth-order valence-corrected chi connectivity index (χ4v) is 2.15. The Labute approximate surface area is 125 Å². The van der Waals surface area contributed by atoms with Crippen molar-refractivity contribution in [1.29, 1.82) is 0 Å². The molecule has 0 unspecified atom stereocenters. The lowest BCUT2D eigenvalue weighted by atomic mass is 10.1. The Bertz CT molecular complexity index is 639. The van der Waals surface area contributed by atoms with Crippen LogP contribution < -0.4 is 5.32 Å². The molecule has 0 atom stereocenters. The first kappa shape index (κ1) is 14.5. The number of halogens is 2. The van der Waals surface area contributed by atoms with Gasteiger partial charge < -0.3 is 15.5 Å². The zero-order valence-corrected chi connectivity index (χ0v) is 11.7. The molecule has 2 aromatic carbocycles. The molecule has 0 aliphatic heterocycles. The monoisotopic (exact) mass is 311 g/mol. The van der Waals surface area contributed by atoms with Gasteiger partial charge in [0, 0.05) is 22.8 Å². The highest BCUT2D eigenvalue weighted by Gasteiger charge is 2.10. The number of carboxylic acid groups (broad SMARTS) is 1. The van der Waals surface area contributed by atoms with Crippen molar-refractivity contribution in [3.8, 4) is 5.75 Å². The standard InChI is InChI=1S/C14H11Cl2NO3/c15-11-2-1-3-13(18)10(11)7-17-8-4-5-12(16)9(6-8)14(19)20/h1-6,17-18H,7H2,(H,19,20). The lowest BCUT2D eigenvalue weighted by Gasteiger charge is -2.10. The first-order valence-electron chi connectivity index (χ1n) is 5.72. The number of aromatic hydroxyl groups is 1. The fraction of sp³-hybridized carbons (Fsp3) is 0.0714. The molecule has 0 heterocycles. The van der Waals surface area contributed by atoms with Crippen LogP contribution in [0.2, 0.25) is 10.0 Å². The van der Waals surface area contributed by atoms with E-state index in [0.717, 1.165) is 0 Å². The van der Waals surface area contributed by atoms with E-state index in [1.54, 1.807) is 18.2 Å². The Morgan fingerprint density at radius 3 is 2.55 bits per heavy atom. The van der Waals surface area contributed by atoms with Crippen LogP contribution in [0, 0.1) is 0 Å². The summed E-state index contributed by atoms with van der Waals surface area (Å²) >= 11 is 11.8. The molecule has 104 valence electrons. The van der Waals surface area contributed by atoms with E-state index in [1.807, 2.05) is 0 Å². The van der Waals surface area contributed by atoms with Gasteiger partial charge in [-0.1, -0.05) is 29.3 Å². The maximum absolute atomic E-state index is 11.0. The Morgan fingerprint density at radius 1 is 1.15 bits per heavy atom. The van der Waals surface area contributed by atoms with E-state index in [-0.39, 0.29) is 22.9 Å². The Balaban J connectivity index is 2.19. The highest BCUT2D eigenvalue weighted by Crippen LogP contribution is 2.27. The maximum atomic E-state index is 11.0. The van der Waals surface area contributed by atoms with Crippen molar-refractivity contribution < 1.29 is 15.0 Å². The average Bonchev–Trinajstić information content (AvgIpc) is 2.39. The first-order valence-corrected chi connectivity index (χ1v) is 6.47. The quantitative estimate of drug-likeness (QED) is 0.798. The number of phenolic OH excluding ortho intramolecular Hbond substituents is 1. The molecule has 0 radical (unpaired) electrons. The van der Waals surface area contributed by atoms with E-state index < -0.39 is 5.97 Å². The lowest BCUT2D eigenvalue weighted by molar-refractivity contribution is 0.0697. The summed E-state index contributed by atoms with van der Waals surface area (Å²) in [7, 11) is 0. The molecule has 0 spiro atoms. The molecule has 3 N–H and O–H groups in total. The van der Waals surface area contributed by atoms with E-state index in [1.165, 1.54) is 18.2 Å². The number of anilines is 1. The Morgan fingerprint density at radius 2 is 1.90 bits per heavy atom. The molecule has 0 bridgehead atoms. The second-order valence-corrected chi connectivity index (χ2v) is 4.91. The number of phenols is 1. The summed E-state index contributed by atoms with van der Waals surface area (Å²) in [6, 6.07) is 9.43. The number of carbonyl (C=O) groups is 1. The van der Waals surface area contributed by atoms with Gasteiger partial charge in [0.15, 0.2) is 0 Å². The van der Waals surface area contributed by atoms with E-state index in [4.69, 9.17) is 28.3 Å². The topological polar surface area (TPSA) is 69.6 Å². The minimum atomic E-state index is -1.10. The van der Waals surface area contributed by atoms with Crippen LogP contribution in [0.3, 0.4) is 0 Å². The zero-order valence-electron chi connectivity index (χ0n) is 10.2. The molecule has 0 saturated heterocycles. The predicted octanol–water partition coefficient (Wildman–Crippen LogP) is 4.01. The van der Waals surface area contributed by atoms with Crippen LogP contribution in [0.5, 0.6) is 5.75 Å². The molecule has 0 aliphatic carbocycles. The van der Waals surface area contributed by atoms with Crippen LogP contribution in [-0.2, 0) is 6.54 Å². The van der Waals surface area contributed by atoms with Gasteiger partial charge in [0.05, 0.1) is 10.6 Å². The number of carboxylic acids is 1. The molecule has 0 saturated carbocycles. The molecule has 2 aromatic rings. The molecule has 4 nitrogen and oxygen atoms in total. The number of hydrogen-bond acceptors (Lipinski definition) is 3. The molecule has 2 rings (SSSR count). The number of nitrogens with one attached hydrogen (secondary N) is 1. The van der Waals surface area contributed by atoms with Crippen LogP contribution in [-0.4, -0.2) is 16.2 Å². The summed E-state index contributed by atoms with van der Waals surface area (Å²) < 4.78 is 0. The third kappa shape index (κ3) is 3.15. The Hall–Kier alpha value is -1.91. The molecule has 0 fully saturated rings. The maximum Gasteiger partial charge on any atom is 0.337 e. The number of rotatable bonds is 4. The van der Waals surface area contributed by atoms with Gasteiger partial charge in [-0.2, -0.15) is 0 Å². The minimum absolute atomic E-state index is 0.0139. The molecular weight excluding hydrogens is 301 g/mol. The van der Waals surface area contributed by atoms with Crippen molar-refractivity contribution in [2.45, 2.75) is 6.54 Å². The van der Waals surface area contributed by atoms with Crippen molar-refractivity contribution in [3.05, 3.63) is 57.6 Å². The van der Waals surface area contributed by atoms with E-state index in [9.17, 15) is 9.90 Å². The summed E-state index contributed by atoms with van der Waals surface area (Å²) in [4.78, 5) is 11.0. The van der Waals surface area contributed by atoms with Crippen LogP contribution >= 0.6 is 23.2 Å². The fourth-order valence-electron chi connectivity index (χ4n) is 1.71. The normalized spacial score (nSPS) is 10.3. The van der Waals surface area contributed by atoms with E-state index >= 15 is 0 Å². The van der Waals surface area contributed by atoms with Gasteiger partial charge in [-0.05, 0) is 30.3 Å². The summed E-state index contributed by atoms with van der Waals surface area (Å²) in [5.41, 5.74) is 1.13. The largest absolute Gasteiger partial charge is 0.508 e. The van der Waals surface area contributed by atoms with Crippen LogP contribution in [0.25, 0.3) is 0 Å². The van der Waals surface area contributed by atoms with Gasteiger partial charge in [0.2, 0.25) is 0 Å². The van der Waals surface area contributed by atoms with Gasteiger partial charge in [-0.3, -0.25) is 0 Å². The Kier molecular flexibility index (Phi) is 4.37. The lowest BCUT2D eigenvalue weighted by Crippen LogP contribution is -2.03.